The van der Waals surface area contributed by atoms with Gasteiger partial charge in [0, 0.05) is 28.6 Å². The summed E-state index contributed by atoms with van der Waals surface area (Å²) in [6.07, 6.45) is 1.64. The fourth-order valence-electron chi connectivity index (χ4n) is 4.41. The van der Waals surface area contributed by atoms with Crippen LogP contribution >= 0.6 is 34.5 Å². The molecule has 32 heavy (non-hydrogen) atoms. The number of hydrogen-bond acceptors (Lipinski definition) is 4. The number of hydrogen-bond donors (Lipinski definition) is 0. The second kappa shape index (κ2) is 7.41. The topological polar surface area (TPSA) is 52.0 Å². The van der Waals surface area contributed by atoms with Crippen molar-refractivity contribution in [2.24, 2.45) is 7.05 Å². The van der Waals surface area contributed by atoms with Crippen molar-refractivity contribution in [3.8, 4) is 11.4 Å². The fourth-order valence-corrected chi connectivity index (χ4v) is 5.74. The number of nitrogens with zero attached hydrogens (tertiary/aromatic N) is 2. The van der Waals surface area contributed by atoms with Gasteiger partial charge in [-0.25, -0.2) is 4.98 Å². The van der Waals surface area contributed by atoms with E-state index in [4.69, 9.17) is 28.2 Å². The minimum Gasteiger partial charge on any atom is -0.326 e. The summed E-state index contributed by atoms with van der Waals surface area (Å²) in [7, 11) is 1.98. The van der Waals surface area contributed by atoms with E-state index >= 15 is 0 Å². The van der Waals surface area contributed by atoms with Crippen LogP contribution in [0.4, 0.5) is 0 Å². The van der Waals surface area contributed by atoms with Crippen LogP contribution in [0.25, 0.3) is 27.8 Å². The number of fused-ring (bicyclic) bond motifs is 2. The Morgan fingerprint density at radius 2 is 1.47 bits per heavy atom. The fraction of sp³-hybridized carbons (Fsp3) is 0.160. The minimum absolute atomic E-state index is 0.121. The van der Waals surface area contributed by atoms with Crippen LogP contribution in [-0.2, 0) is 7.05 Å². The van der Waals surface area contributed by atoms with E-state index in [2.05, 4.69) is 37.5 Å². The average Bonchev–Trinajstić information content (AvgIpc) is 3.31. The summed E-state index contributed by atoms with van der Waals surface area (Å²) in [5, 5.41) is 0.515. The van der Waals surface area contributed by atoms with Gasteiger partial charge in [-0.15, -0.1) is 11.3 Å². The van der Waals surface area contributed by atoms with Gasteiger partial charge >= 0.3 is 0 Å². The van der Waals surface area contributed by atoms with E-state index in [9.17, 15) is 9.59 Å². The van der Waals surface area contributed by atoms with Gasteiger partial charge in [0.2, 0.25) is 0 Å². The van der Waals surface area contributed by atoms with Gasteiger partial charge in [0.1, 0.15) is 10.7 Å². The van der Waals surface area contributed by atoms with E-state index in [-0.39, 0.29) is 27.2 Å². The van der Waals surface area contributed by atoms with Crippen molar-refractivity contribution in [3.63, 3.8) is 0 Å². The highest BCUT2D eigenvalue weighted by atomic mass is 35.5. The van der Waals surface area contributed by atoms with Crippen molar-refractivity contribution in [1.29, 1.82) is 0 Å². The van der Waals surface area contributed by atoms with Crippen molar-refractivity contribution < 1.29 is 9.59 Å². The maximum Gasteiger partial charge on any atom is 0.197 e. The Hall–Kier alpha value is -2.73. The molecule has 4 nitrogen and oxygen atoms in total. The lowest BCUT2D eigenvalue weighted by Crippen LogP contribution is -2.00. The third-order valence-electron chi connectivity index (χ3n) is 5.83. The summed E-state index contributed by atoms with van der Waals surface area (Å²) in [5.41, 5.74) is 6.39. The highest BCUT2D eigenvalue weighted by molar-refractivity contribution is 7.19. The molecular weight excluding hydrogens is 463 g/mol. The normalized spacial score (nSPS) is 13.4. The Kier molecular flexibility index (Phi) is 4.89. The summed E-state index contributed by atoms with van der Waals surface area (Å²) in [6.45, 7) is 6.29. The van der Waals surface area contributed by atoms with Gasteiger partial charge in [-0.1, -0.05) is 40.9 Å². The van der Waals surface area contributed by atoms with Crippen molar-refractivity contribution in [2.45, 2.75) is 20.8 Å². The second-order valence-corrected chi connectivity index (χ2v) is 10.0. The molecule has 0 fully saturated rings. The summed E-state index contributed by atoms with van der Waals surface area (Å²) in [4.78, 5) is 32.2. The van der Waals surface area contributed by atoms with Gasteiger partial charge in [-0.2, -0.15) is 0 Å². The molecule has 0 radical (unpaired) electrons. The first-order chi connectivity index (χ1) is 15.2. The second-order valence-electron chi connectivity index (χ2n) is 8.14. The standard InChI is InChI=1S/C25H18Cl2N2O2S/c1-11-5-12(2)21(13(3)6-11)24-28-25-20(29(24)4)8-14(32-25)7-17-22(30)15-9-18(26)19(27)10-16(15)23(17)31/h5-10H,1-4H3. The number of rotatable bonds is 2. The molecule has 0 N–H and O–H groups in total. The van der Waals surface area contributed by atoms with Gasteiger partial charge in [-0.05, 0) is 56.2 Å². The highest BCUT2D eigenvalue weighted by Gasteiger charge is 2.34. The summed E-state index contributed by atoms with van der Waals surface area (Å²) < 4.78 is 2.06. The average molecular weight is 481 g/mol. The summed E-state index contributed by atoms with van der Waals surface area (Å²) in [6, 6.07) is 9.21. The number of carbonyl (C=O) groups is 2. The van der Waals surface area contributed by atoms with Crippen molar-refractivity contribution in [1.82, 2.24) is 9.55 Å². The molecule has 5 rings (SSSR count). The van der Waals surface area contributed by atoms with Crippen LogP contribution in [0.15, 0.2) is 35.9 Å². The highest BCUT2D eigenvalue weighted by Crippen LogP contribution is 2.37. The molecule has 1 aliphatic carbocycles. The van der Waals surface area contributed by atoms with Gasteiger partial charge < -0.3 is 4.57 Å². The van der Waals surface area contributed by atoms with Crippen LogP contribution in [-0.4, -0.2) is 21.1 Å². The number of thiophene rings is 1. The molecule has 1 aliphatic rings. The number of Topliss-reactive ketones (excluding diaryl/α,β-unsaturated/α-hetero) is 2. The third-order valence-corrected chi connectivity index (χ3v) is 7.51. The predicted molar refractivity (Wildman–Crippen MR) is 131 cm³/mol. The maximum absolute atomic E-state index is 12.8. The molecule has 2 heterocycles. The Morgan fingerprint density at radius 1 is 0.906 bits per heavy atom. The lowest BCUT2D eigenvalue weighted by Gasteiger charge is -2.11. The molecule has 7 heteroatoms. The first-order valence-corrected chi connectivity index (χ1v) is 11.6. The number of carbonyl (C=O) groups excluding carboxylic acids is 2. The Bertz CT molecular complexity index is 1460. The predicted octanol–water partition coefficient (Wildman–Crippen LogP) is 7.00. The number of ketones is 2. The molecule has 0 atom stereocenters. The number of imidazole rings is 1. The maximum atomic E-state index is 12.8. The van der Waals surface area contributed by atoms with Crippen LogP contribution in [0.3, 0.4) is 0 Å². The van der Waals surface area contributed by atoms with E-state index < -0.39 is 0 Å². The Labute approximate surface area is 199 Å². The first-order valence-electron chi connectivity index (χ1n) is 10.0. The van der Waals surface area contributed by atoms with E-state index in [0.29, 0.717) is 11.1 Å². The molecule has 0 saturated carbocycles. The summed E-state index contributed by atoms with van der Waals surface area (Å²) >= 11 is 13.5. The van der Waals surface area contributed by atoms with Crippen LogP contribution in [0.2, 0.25) is 10.0 Å². The SMILES string of the molecule is Cc1cc(C)c(-c2nc3sc(C=C4C(=O)c5cc(Cl)c(Cl)cc5C4=O)cc3n2C)c(C)c1. The molecule has 0 aliphatic heterocycles. The van der Waals surface area contributed by atoms with E-state index in [1.807, 2.05) is 13.1 Å². The number of halogens is 2. The molecule has 0 saturated heterocycles. The van der Waals surface area contributed by atoms with Gasteiger partial charge in [0.15, 0.2) is 11.6 Å². The van der Waals surface area contributed by atoms with E-state index in [1.54, 1.807) is 6.08 Å². The zero-order chi connectivity index (χ0) is 22.9. The number of allylic oxidation sites excluding steroid dienone is 1. The summed E-state index contributed by atoms with van der Waals surface area (Å²) in [5.74, 6) is 0.242. The smallest absolute Gasteiger partial charge is 0.197 e. The largest absolute Gasteiger partial charge is 0.326 e. The van der Waals surface area contributed by atoms with E-state index in [1.165, 1.54) is 40.2 Å². The van der Waals surface area contributed by atoms with Crippen LogP contribution in [0.1, 0.15) is 42.3 Å². The molecule has 0 unspecified atom stereocenters. The molecular formula is C25H18Cl2N2O2S. The number of aryl methyl sites for hydroxylation is 4. The molecule has 2 aromatic heterocycles. The quantitative estimate of drug-likeness (QED) is 0.229. The van der Waals surface area contributed by atoms with Crippen molar-refractivity contribution >= 4 is 62.5 Å². The van der Waals surface area contributed by atoms with Gasteiger partial charge in [0.05, 0.1) is 21.1 Å². The van der Waals surface area contributed by atoms with Gasteiger partial charge in [-0.3, -0.25) is 9.59 Å². The molecule has 0 bridgehead atoms. The van der Waals surface area contributed by atoms with E-state index in [0.717, 1.165) is 26.6 Å². The lowest BCUT2D eigenvalue weighted by molar-refractivity contribution is 0.0990. The zero-order valence-corrected chi connectivity index (χ0v) is 20.2. The molecule has 2 aromatic carbocycles. The Morgan fingerprint density at radius 3 is 2.00 bits per heavy atom. The first kappa shape index (κ1) is 21.1. The monoisotopic (exact) mass is 480 g/mol. The van der Waals surface area contributed by atoms with Gasteiger partial charge in [0.25, 0.3) is 0 Å². The lowest BCUT2D eigenvalue weighted by atomic mass is 9.99. The third kappa shape index (κ3) is 3.15. The van der Waals surface area contributed by atoms with Crippen LogP contribution < -0.4 is 0 Å². The molecule has 160 valence electrons. The molecule has 0 spiro atoms. The van der Waals surface area contributed by atoms with Crippen molar-refractivity contribution in [2.75, 3.05) is 0 Å². The Balaban J connectivity index is 1.57. The molecule has 4 aromatic rings. The van der Waals surface area contributed by atoms with Crippen LogP contribution in [0.5, 0.6) is 0 Å². The van der Waals surface area contributed by atoms with Crippen molar-refractivity contribution in [3.05, 3.63) is 78.6 Å². The number of aromatic nitrogens is 2. The zero-order valence-electron chi connectivity index (χ0n) is 17.8. The van der Waals surface area contributed by atoms with Crippen LogP contribution in [0, 0.1) is 20.8 Å². The minimum atomic E-state index is -0.333. The molecule has 0 amide bonds. The number of benzene rings is 2.